The minimum absolute atomic E-state index is 0.228. The second-order valence-corrected chi connectivity index (χ2v) is 8.92. The van der Waals surface area contributed by atoms with Gasteiger partial charge in [0.1, 0.15) is 11.4 Å². The van der Waals surface area contributed by atoms with Crippen LogP contribution in [-0.4, -0.2) is 33.0 Å². The Balaban J connectivity index is 1.49. The first-order valence-corrected chi connectivity index (χ1v) is 11.8. The molecule has 35 heavy (non-hydrogen) atoms. The van der Waals surface area contributed by atoms with Crippen molar-refractivity contribution in [3.8, 4) is 17.3 Å². The number of methoxy groups -OCH3 is 1. The van der Waals surface area contributed by atoms with E-state index in [1.807, 2.05) is 73.1 Å². The zero-order valence-corrected chi connectivity index (χ0v) is 20.1. The second kappa shape index (κ2) is 9.66. The van der Waals surface area contributed by atoms with Crippen molar-refractivity contribution in [2.75, 3.05) is 19.0 Å². The molecule has 0 saturated heterocycles. The van der Waals surface area contributed by atoms with Gasteiger partial charge in [-0.15, -0.1) is 5.10 Å². The highest BCUT2D eigenvalue weighted by molar-refractivity contribution is 5.65. The molecule has 1 unspecified atom stereocenters. The van der Waals surface area contributed by atoms with Gasteiger partial charge >= 0.3 is 0 Å². The molecule has 0 radical (unpaired) electrons. The van der Waals surface area contributed by atoms with E-state index in [0.29, 0.717) is 29.8 Å². The van der Waals surface area contributed by atoms with Crippen LogP contribution in [0.15, 0.2) is 71.9 Å². The van der Waals surface area contributed by atoms with E-state index in [1.54, 1.807) is 19.5 Å². The fourth-order valence-electron chi connectivity index (χ4n) is 3.95. The Labute approximate surface area is 204 Å². The summed E-state index contributed by atoms with van der Waals surface area (Å²) in [5.74, 6) is 1.66. The maximum Gasteiger partial charge on any atom is 0.291 e. The molecule has 2 aromatic carbocycles. The molecular weight excluding hydrogens is 442 g/mol. The largest absolute Gasteiger partial charge is 0.494 e. The number of hydrogen-bond donors (Lipinski definition) is 1. The van der Waals surface area contributed by atoms with Crippen LogP contribution in [0.1, 0.15) is 37.1 Å². The zero-order chi connectivity index (χ0) is 24.4. The molecular formula is C27H29N5O3. The number of nitrogens with one attached hydrogen (secondary N) is 1. The van der Waals surface area contributed by atoms with E-state index >= 15 is 0 Å². The molecule has 8 heteroatoms. The summed E-state index contributed by atoms with van der Waals surface area (Å²) in [4.78, 5) is 17.8. The monoisotopic (exact) mass is 471 g/mol. The molecule has 1 aliphatic carbocycles. The van der Waals surface area contributed by atoms with Gasteiger partial charge in [-0.25, -0.2) is 9.67 Å². The van der Waals surface area contributed by atoms with Crippen molar-refractivity contribution in [1.82, 2.24) is 19.3 Å². The molecule has 1 fully saturated rings. The Morgan fingerprint density at radius 3 is 2.63 bits per heavy atom. The molecule has 0 spiro atoms. The molecule has 4 aromatic rings. The fourth-order valence-corrected chi connectivity index (χ4v) is 3.95. The van der Waals surface area contributed by atoms with E-state index in [1.165, 1.54) is 17.5 Å². The Bertz CT molecular complexity index is 1380. The normalized spacial score (nSPS) is 13.9. The quantitative estimate of drug-likeness (QED) is 0.374. The lowest BCUT2D eigenvalue weighted by molar-refractivity contribution is 0.277. The number of benzene rings is 2. The standard InChI is InChI=1S/C27H29N5O3/c1-18-15-31(17-28-18)24-12-11-22(13-25(24)34-3)29-23-14-26(35-16-20-9-10-20)30-32(27(23)33)19(2)21-7-5-4-6-8-21/h4-8,11-15,17,19-20,29H,9-10,16H2,1-3H3. The summed E-state index contributed by atoms with van der Waals surface area (Å²) in [6.07, 6.45) is 6.03. The molecule has 1 saturated carbocycles. The van der Waals surface area contributed by atoms with Gasteiger partial charge < -0.3 is 19.4 Å². The number of nitrogens with zero attached hydrogens (tertiary/aromatic N) is 4. The van der Waals surface area contributed by atoms with E-state index in [9.17, 15) is 4.79 Å². The van der Waals surface area contributed by atoms with Crippen molar-refractivity contribution < 1.29 is 9.47 Å². The van der Waals surface area contributed by atoms with Crippen molar-refractivity contribution in [3.05, 3.63) is 88.7 Å². The highest BCUT2D eigenvalue weighted by atomic mass is 16.5. The van der Waals surface area contributed by atoms with Gasteiger partial charge in [0, 0.05) is 24.0 Å². The lowest BCUT2D eigenvalue weighted by Crippen LogP contribution is -2.29. The predicted molar refractivity (Wildman–Crippen MR) is 135 cm³/mol. The summed E-state index contributed by atoms with van der Waals surface area (Å²) in [5, 5.41) is 7.81. The van der Waals surface area contributed by atoms with Crippen LogP contribution >= 0.6 is 0 Å². The van der Waals surface area contributed by atoms with E-state index in [-0.39, 0.29) is 11.6 Å². The summed E-state index contributed by atoms with van der Waals surface area (Å²) in [7, 11) is 1.62. The molecule has 180 valence electrons. The van der Waals surface area contributed by atoms with E-state index in [2.05, 4.69) is 15.4 Å². The van der Waals surface area contributed by atoms with Gasteiger partial charge in [0.15, 0.2) is 0 Å². The Morgan fingerprint density at radius 2 is 1.94 bits per heavy atom. The predicted octanol–water partition coefficient (Wildman–Crippen LogP) is 4.89. The summed E-state index contributed by atoms with van der Waals surface area (Å²) in [6, 6.07) is 17.0. The Morgan fingerprint density at radius 1 is 1.14 bits per heavy atom. The minimum atomic E-state index is -0.255. The van der Waals surface area contributed by atoms with Gasteiger partial charge in [0.05, 0.1) is 37.5 Å². The highest BCUT2D eigenvalue weighted by Crippen LogP contribution is 2.31. The van der Waals surface area contributed by atoms with Crippen LogP contribution in [0.4, 0.5) is 11.4 Å². The number of aromatic nitrogens is 4. The van der Waals surface area contributed by atoms with E-state index in [4.69, 9.17) is 9.47 Å². The molecule has 1 atom stereocenters. The summed E-state index contributed by atoms with van der Waals surface area (Å²) in [5.41, 5.74) is 3.65. The first kappa shape index (κ1) is 22.7. The molecule has 0 amide bonds. The first-order valence-electron chi connectivity index (χ1n) is 11.8. The number of rotatable bonds is 9. The van der Waals surface area contributed by atoms with E-state index < -0.39 is 0 Å². The van der Waals surface area contributed by atoms with Crippen LogP contribution in [0.2, 0.25) is 0 Å². The topological polar surface area (TPSA) is 83.2 Å². The Kier molecular flexibility index (Phi) is 6.27. The lowest BCUT2D eigenvalue weighted by Gasteiger charge is -2.18. The maximum atomic E-state index is 13.5. The molecule has 2 heterocycles. The Hall–Kier alpha value is -4.07. The number of aryl methyl sites for hydroxylation is 1. The van der Waals surface area contributed by atoms with Gasteiger partial charge in [-0.2, -0.15) is 0 Å². The van der Waals surface area contributed by atoms with Gasteiger partial charge in [-0.3, -0.25) is 4.79 Å². The second-order valence-electron chi connectivity index (χ2n) is 8.92. The van der Waals surface area contributed by atoms with Gasteiger partial charge in [0.25, 0.3) is 5.56 Å². The molecule has 1 aliphatic rings. The van der Waals surface area contributed by atoms with Crippen molar-refractivity contribution in [3.63, 3.8) is 0 Å². The zero-order valence-electron chi connectivity index (χ0n) is 20.1. The summed E-state index contributed by atoms with van der Waals surface area (Å²) >= 11 is 0. The SMILES string of the molecule is COc1cc(Nc2cc(OCC3CC3)nn(C(C)c3ccccc3)c2=O)ccc1-n1cnc(C)c1. The fraction of sp³-hybridized carbons (Fsp3) is 0.296. The third-order valence-corrected chi connectivity index (χ3v) is 6.17. The maximum absolute atomic E-state index is 13.5. The average molecular weight is 472 g/mol. The molecule has 0 bridgehead atoms. The molecule has 5 rings (SSSR count). The number of imidazole rings is 1. The number of hydrogen-bond acceptors (Lipinski definition) is 6. The van der Waals surface area contributed by atoms with Crippen molar-refractivity contribution in [2.45, 2.75) is 32.7 Å². The summed E-state index contributed by atoms with van der Waals surface area (Å²) < 4.78 is 15.0. The molecule has 1 N–H and O–H groups in total. The smallest absolute Gasteiger partial charge is 0.291 e. The molecule has 0 aliphatic heterocycles. The minimum Gasteiger partial charge on any atom is -0.494 e. The van der Waals surface area contributed by atoms with Crippen LogP contribution in [0.5, 0.6) is 11.6 Å². The van der Waals surface area contributed by atoms with E-state index in [0.717, 1.165) is 22.6 Å². The third kappa shape index (κ3) is 5.06. The van der Waals surface area contributed by atoms with Crippen LogP contribution < -0.4 is 20.3 Å². The summed E-state index contributed by atoms with van der Waals surface area (Å²) in [6.45, 7) is 4.51. The molecule has 2 aromatic heterocycles. The van der Waals surface area contributed by atoms with Gasteiger partial charge in [-0.05, 0) is 50.3 Å². The average Bonchev–Trinajstić information content (AvgIpc) is 3.62. The highest BCUT2D eigenvalue weighted by Gasteiger charge is 2.23. The molecule has 8 nitrogen and oxygen atoms in total. The number of anilines is 2. The lowest BCUT2D eigenvalue weighted by atomic mass is 10.1. The van der Waals surface area contributed by atoms with Crippen LogP contribution in [0.3, 0.4) is 0 Å². The van der Waals surface area contributed by atoms with Crippen molar-refractivity contribution in [1.29, 1.82) is 0 Å². The van der Waals surface area contributed by atoms with Gasteiger partial charge in [-0.1, -0.05) is 30.3 Å². The van der Waals surface area contributed by atoms with Crippen LogP contribution in [-0.2, 0) is 0 Å². The number of ether oxygens (including phenoxy) is 2. The van der Waals surface area contributed by atoms with Crippen LogP contribution in [0, 0.1) is 12.8 Å². The third-order valence-electron chi connectivity index (χ3n) is 6.17. The van der Waals surface area contributed by atoms with Gasteiger partial charge in [0.2, 0.25) is 5.88 Å². The van der Waals surface area contributed by atoms with Crippen LogP contribution in [0.25, 0.3) is 5.69 Å². The van der Waals surface area contributed by atoms with Crippen molar-refractivity contribution in [2.24, 2.45) is 5.92 Å². The van der Waals surface area contributed by atoms with Crippen molar-refractivity contribution >= 4 is 11.4 Å². The first-order chi connectivity index (χ1) is 17.0.